The first-order chi connectivity index (χ1) is 9.86. The molecule has 21 heavy (non-hydrogen) atoms. The van der Waals surface area contributed by atoms with E-state index in [-0.39, 0.29) is 6.04 Å². The quantitative estimate of drug-likeness (QED) is 0.726. The van der Waals surface area contributed by atoms with E-state index in [4.69, 9.17) is 0 Å². The summed E-state index contributed by atoms with van der Waals surface area (Å²) in [5.41, 5.74) is 1.62. The number of benzene rings is 1. The molecule has 0 spiro atoms. The normalized spacial score (nSPS) is 14.0. The second-order valence-electron chi connectivity index (χ2n) is 4.90. The molecular formula is C16H24N2O2S. The summed E-state index contributed by atoms with van der Waals surface area (Å²) in [7, 11) is -0.391. The lowest BCUT2D eigenvalue weighted by Gasteiger charge is -2.32. The number of rotatable bonds is 7. The molecule has 0 unspecified atom stereocenters. The lowest BCUT2D eigenvalue weighted by atomic mass is 10.1. The number of nitrogens with zero attached hydrogens (tertiary/aromatic N) is 2. The summed E-state index contributed by atoms with van der Waals surface area (Å²) in [5, 5.41) is 0. The van der Waals surface area contributed by atoms with Crippen LogP contribution >= 0.6 is 0 Å². The molecule has 0 bridgehead atoms. The van der Waals surface area contributed by atoms with E-state index < -0.39 is 10.2 Å². The highest BCUT2D eigenvalue weighted by Crippen LogP contribution is 2.22. The Kier molecular flexibility index (Phi) is 6.18. The molecule has 0 amide bonds. The molecule has 0 N–H and O–H groups in total. The van der Waals surface area contributed by atoms with Crippen molar-refractivity contribution in [1.82, 2.24) is 4.31 Å². The highest BCUT2D eigenvalue weighted by atomic mass is 32.2. The van der Waals surface area contributed by atoms with Crippen molar-refractivity contribution >= 4 is 15.9 Å². The van der Waals surface area contributed by atoms with Crippen molar-refractivity contribution in [2.24, 2.45) is 0 Å². The summed E-state index contributed by atoms with van der Waals surface area (Å²) in [6, 6.07) is 8.87. The van der Waals surface area contributed by atoms with Crippen LogP contribution in [0.2, 0.25) is 0 Å². The Labute approximate surface area is 128 Å². The fraction of sp³-hybridized carbons (Fsp3) is 0.375. The third kappa shape index (κ3) is 3.95. The van der Waals surface area contributed by atoms with Gasteiger partial charge in [-0.1, -0.05) is 49.4 Å². The highest BCUT2D eigenvalue weighted by Gasteiger charge is 2.30. The maximum atomic E-state index is 12.7. The van der Waals surface area contributed by atoms with Gasteiger partial charge in [-0.05, 0) is 25.5 Å². The average Bonchev–Trinajstić information content (AvgIpc) is 2.48. The SMILES string of the molecule is C=C/C=C(\C)[C@@H](CC)N(C)S(=O)(=O)N(C)c1ccccc1. The molecule has 0 saturated heterocycles. The summed E-state index contributed by atoms with van der Waals surface area (Å²) in [6.45, 7) is 7.56. The zero-order chi connectivity index (χ0) is 16.0. The number of hydrogen-bond donors (Lipinski definition) is 0. The van der Waals surface area contributed by atoms with Gasteiger partial charge in [-0.3, -0.25) is 4.31 Å². The van der Waals surface area contributed by atoms with Gasteiger partial charge in [0.15, 0.2) is 0 Å². The van der Waals surface area contributed by atoms with Gasteiger partial charge in [-0.25, -0.2) is 0 Å². The van der Waals surface area contributed by atoms with Crippen molar-refractivity contribution in [2.45, 2.75) is 26.3 Å². The van der Waals surface area contributed by atoms with Crippen LogP contribution in [0.25, 0.3) is 0 Å². The van der Waals surface area contributed by atoms with Crippen LogP contribution in [0, 0.1) is 0 Å². The van der Waals surface area contributed by atoms with Crippen LogP contribution in [0.3, 0.4) is 0 Å². The van der Waals surface area contributed by atoms with Gasteiger partial charge in [-0.15, -0.1) is 0 Å². The van der Waals surface area contributed by atoms with Crippen molar-refractivity contribution in [3.8, 4) is 0 Å². The fourth-order valence-electron chi connectivity index (χ4n) is 2.29. The molecule has 4 nitrogen and oxygen atoms in total. The van der Waals surface area contributed by atoms with E-state index in [1.165, 1.54) is 8.61 Å². The summed E-state index contributed by atoms with van der Waals surface area (Å²) >= 11 is 0. The molecule has 116 valence electrons. The Morgan fingerprint density at radius 1 is 1.29 bits per heavy atom. The zero-order valence-corrected chi connectivity index (χ0v) is 14.0. The molecular weight excluding hydrogens is 284 g/mol. The van der Waals surface area contributed by atoms with E-state index in [0.717, 1.165) is 5.57 Å². The predicted molar refractivity (Wildman–Crippen MR) is 89.6 cm³/mol. The molecule has 1 aromatic rings. The maximum absolute atomic E-state index is 12.7. The molecule has 1 rings (SSSR count). The van der Waals surface area contributed by atoms with Gasteiger partial charge >= 0.3 is 10.2 Å². The fourth-order valence-corrected chi connectivity index (χ4v) is 3.70. The van der Waals surface area contributed by atoms with Gasteiger partial charge in [0, 0.05) is 20.1 Å². The van der Waals surface area contributed by atoms with Crippen LogP contribution < -0.4 is 4.31 Å². The van der Waals surface area contributed by atoms with Gasteiger partial charge in [0.25, 0.3) is 0 Å². The summed E-state index contributed by atoms with van der Waals surface area (Å²) in [4.78, 5) is 0. The second-order valence-corrected chi connectivity index (χ2v) is 6.92. The largest absolute Gasteiger partial charge is 0.304 e. The molecule has 0 fully saturated rings. The molecule has 0 aliphatic rings. The molecule has 1 atom stereocenters. The van der Waals surface area contributed by atoms with Crippen LogP contribution in [0.5, 0.6) is 0 Å². The van der Waals surface area contributed by atoms with Gasteiger partial charge in [-0.2, -0.15) is 12.7 Å². The number of likely N-dealkylation sites (N-methyl/N-ethyl adjacent to an activating group) is 1. The smallest absolute Gasteiger partial charge is 0.261 e. The van der Waals surface area contributed by atoms with Gasteiger partial charge in [0.1, 0.15) is 0 Å². The minimum atomic E-state index is -3.58. The maximum Gasteiger partial charge on any atom is 0.304 e. The van der Waals surface area contributed by atoms with E-state index in [1.807, 2.05) is 38.1 Å². The Morgan fingerprint density at radius 2 is 1.86 bits per heavy atom. The van der Waals surface area contributed by atoms with Crippen LogP contribution in [-0.4, -0.2) is 32.9 Å². The molecule has 0 radical (unpaired) electrons. The monoisotopic (exact) mass is 308 g/mol. The molecule has 0 aliphatic carbocycles. The first-order valence-electron chi connectivity index (χ1n) is 6.92. The average molecular weight is 308 g/mol. The Morgan fingerprint density at radius 3 is 2.33 bits per heavy atom. The van der Waals surface area contributed by atoms with Crippen LogP contribution in [0.1, 0.15) is 20.3 Å². The Hall–Kier alpha value is -1.59. The van der Waals surface area contributed by atoms with Crippen LogP contribution in [-0.2, 0) is 10.2 Å². The van der Waals surface area contributed by atoms with Gasteiger partial charge in [0.05, 0.1) is 5.69 Å². The molecule has 1 aromatic carbocycles. The van der Waals surface area contributed by atoms with Crippen molar-refractivity contribution < 1.29 is 8.42 Å². The minimum absolute atomic E-state index is 0.181. The highest BCUT2D eigenvalue weighted by molar-refractivity contribution is 7.90. The number of anilines is 1. The molecule has 5 heteroatoms. The van der Waals surface area contributed by atoms with E-state index in [9.17, 15) is 8.42 Å². The van der Waals surface area contributed by atoms with E-state index in [0.29, 0.717) is 12.1 Å². The lowest BCUT2D eigenvalue weighted by molar-refractivity contribution is 0.394. The third-order valence-electron chi connectivity index (χ3n) is 3.56. The number of hydrogen-bond acceptors (Lipinski definition) is 2. The number of allylic oxidation sites excluding steroid dienone is 2. The predicted octanol–water partition coefficient (Wildman–Crippen LogP) is 3.21. The second kappa shape index (κ2) is 7.43. The van der Waals surface area contributed by atoms with Crippen molar-refractivity contribution in [1.29, 1.82) is 0 Å². The van der Waals surface area contributed by atoms with Crippen molar-refractivity contribution in [3.05, 3.63) is 54.6 Å². The van der Waals surface area contributed by atoms with E-state index in [1.54, 1.807) is 32.3 Å². The topological polar surface area (TPSA) is 40.6 Å². The minimum Gasteiger partial charge on any atom is -0.261 e. The first-order valence-corrected chi connectivity index (χ1v) is 8.32. The van der Waals surface area contributed by atoms with Gasteiger partial charge < -0.3 is 0 Å². The van der Waals surface area contributed by atoms with Crippen LogP contribution in [0.15, 0.2) is 54.6 Å². The lowest BCUT2D eigenvalue weighted by Crippen LogP contribution is -2.45. The molecule has 0 aliphatic heterocycles. The molecule has 0 aromatic heterocycles. The summed E-state index contributed by atoms with van der Waals surface area (Å²) < 4.78 is 28.2. The van der Waals surface area contributed by atoms with E-state index in [2.05, 4.69) is 6.58 Å². The zero-order valence-electron chi connectivity index (χ0n) is 13.2. The molecule has 0 saturated carbocycles. The summed E-state index contributed by atoms with van der Waals surface area (Å²) in [6.07, 6.45) is 4.23. The first kappa shape index (κ1) is 17.5. The standard InChI is InChI=1S/C16H24N2O2S/c1-6-11-14(3)16(7-2)18(5)21(19,20)17(4)15-12-9-8-10-13-15/h6,8-13,16H,1,7H2,2-5H3/b14-11+/t16-/m1/s1. The third-order valence-corrected chi connectivity index (χ3v) is 5.45. The number of para-hydroxylation sites is 1. The molecule has 0 heterocycles. The van der Waals surface area contributed by atoms with Crippen molar-refractivity contribution in [3.63, 3.8) is 0 Å². The Bertz CT molecular complexity index is 594. The van der Waals surface area contributed by atoms with Crippen molar-refractivity contribution in [2.75, 3.05) is 18.4 Å². The van der Waals surface area contributed by atoms with E-state index >= 15 is 0 Å². The summed E-state index contributed by atoms with van der Waals surface area (Å²) in [5.74, 6) is 0. The van der Waals surface area contributed by atoms with Crippen LogP contribution in [0.4, 0.5) is 5.69 Å². The Balaban J connectivity index is 3.11. The van der Waals surface area contributed by atoms with Gasteiger partial charge in [0.2, 0.25) is 0 Å².